The Kier molecular flexibility index (Phi) is 8.07. The van der Waals surface area contributed by atoms with Gasteiger partial charge in [0.15, 0.2) is 17.3 Å². The van der Waals surface area contributed by atoms with E-state index in [4.69, 9.17) is 14.2 Å². The molecule has 0 saturated heterocycles. The van der Waals surface area contributed by atoms with Gasteiger partial charge in [-0.15, -0.1) is 0 Å². The largest absolute Gasteiger partial charge is 0.493 e. The molecule has 0 fully saturated rings. The summed E-state index contributed by atoms with van der Waals surface area (Å²) in [6, 6.07) is 24.9. The van der Waals surface area contributed by atoms with Gasteiger partial charge in [-0.05, 0) is 48.9 Å². The summed E-state index contributed by atoms with van der Waals surface area (Å²) in [6.45, 7) is 2.00. The summed E-state index contributed by atoms with van der Waals surface area (Å²) in [5, 5.41) is 6.22. The van der Waals surface area contributed by atoms with Crippen LogP contribution < -0.4 is 19.2 Å². The van der Waals surface area contributed by atoms with Crippen molar-refractivity contribution in [2.75, 3.05) is 26.3 Å². The van der Waals surface area contributed by atoms with Crippen LogP contribution in [0.4, 0.5) is 5.13 Å². The van der Waals surface area contributed by atoms with E-state index in [0.29, 0.717) is 44.6 Å². The van der Waals surface area contributed by atoms with Crippen LogP contribution >= 0.6 is 11.3 Å². The standard InChI is InChI=1S/C32H27N3O5S/c1-20-10-15-25-28(16-20)41-32(34-25)35(33-19-21-17-26(38-2)30(40-4)27(18-21)39-3)31(37)24-13-11-23(12-14-24)29(36)22-8-6-5-7-9-22/h5-19H,1-4H3/b33-19+. The predicted octanol–water partition coefficient (Wildman–Crippen LogP) is 6.54. The van der Waals surface area contributed by atoms with E-state index >= 15 is 0 Å². The Labute approximate surface area is 241 Å². The average Bonchev–Trinajstić information content (AvgIpc) is 3.43. The number of nitrogens with zero attached hydrogens (tertiary/aromatic N) is 3. The predicted molar refractivity (Wildman–Crippen MR) is 161 cm³/mol. The second-order valence-electron chi connectivity index (χ2n) is 9.06. The number of hydrogen-bond acceptors (Lipinski definition) is 8. The molecule has 1 aromatic heterocycles. The first-order valence-electron chi connectivity index (χ1n) is 12.7. The highest BCUT2D eigenvalue weighted by Gasteiger charge is 2.22. The third kappa shape index (κ3) is 5.80. The zero-order valence-corrected chi connectivity index (χ0v) is 23.8. The number of anilines is 1. The molecule has 0 N–H and O–H groups in total. The topological polar surface area (TPSA) is 90.3 Å². The van der Waals surface area contributed by atoms with E-state index in [1.165, 1.54) is 43.9 Å². The highest BCUT2D eigenvalue weighted by molar-refractivity contribution is 7.22. The number of fused-ring (bicyclic) bond motifs is 1. The molecular formula is C32H27N3O5S. The van der Waals surface area contributed by atoms with Crippen LogP contribution in [-0.4, -0.2) is 44.2 Å². The molecule has 9 heteroatoms. The molecule has 0 saturated carbocycles. The molecule has 4 aromatic carbocycles. The molecule has 0 radical (unpaired) electrons. The minimum atomic E-state index is -0.400. The van der Waals surface area contributed by atoms with Crippen molar-refractivity contribution in [3.8, 4) is 17.2 Å². The third-order valence-electron chi connectivity index (χ3n) is 6.35. The molecule has 41 heavy (non-hydrogen) atoms. The molecule has 0 atom stereocenters. The van der Waals surface area contributed by atoms with Gasteiger partial charge in [-0.25, -0.2) is 4.98 Å². The first-order valence-corrected chi connectivity index (χ1v) is 13.5. The number of methoxy groups -OCH3 is 3. The van der Waals surface area contributed by atoms with Gasteiger partial charge in [0.25, 0.3) is 5.91 Å². The quantitative estimate of drug-likeness (QED) is 0.114. The Morgan fingerprint density at radius 2 is 1.44 bits per heavy atom. The number of benzene rings is 4. The van der Waals surface area contributed by atoms with Gasteiger partial charge in [0.05, 0.1) is 37.8 Å². The Morgan fingerprint density at radius 3 is 2.07 bits per heavy atom. The molecule has 0 spiro atoms. The summed E-state index contributed by atoms with van der Waals surface area (Å²) < 4.78 is 17.3. The van der Waals surface area contributed by atoms with E-state index < -0.39 is 5.91 Å². The van der Waals surface area contributed by atoms with E-state index in [-0.39, 0.29) is 5.78 Å². The Balaban J connectivity index is 1.52. The summed E-state index contributed by atoms with van der Waals surface area (Å²) in [5.74, 6) is 0.846. The van der Waals surface area contributed by atoms with Crippen molar-refractivity contribution in [3.05, 3.63) is 113 Å². The van der Waals surface area contributed by atoms with E-state index in [1.807, 2.05) is 43.3 Å². The number of carbonyl (C=O) groups excluding carboxylic acids is 2. The molecular weight excluding hydrogens is 538 g/mol. The summed E-state index contributed by atoms with van der Waals surface area (Å²) in [5.41, 5.74) is 3.89. The number of hydrogen-bond donors (Lipinski definition) is 0. The molecule has 206 valence electrons. The zero-order valence-electron chi connectivity index (χ0n) is 23.0. The van der Waals surface area contributed by atoms with Gasteiger partial charge in [0.2, 0.25) is 10.9 Å². The van der Waals surface area contributed by atoms with Crippen molar-refractivity contribution < 1.29 is 23.8 Å². The first kappa shape index (κ1) is 27.5. The van der Waals surface area contributed by atoms with Crippen molar-refractivity contribution in [2.45, 2.75) is 6.92 Å². The van der Waals surface area contributed by atoms with Crippen molar-refractivity contribution >= 4 is 44.6 Å². The Hall–Kier alpha value is -5.02. The SMILES string of the molecule is COc1cc(/C=N/N(C(=O)c2ccc(C(=O)c3ccccc3)cc2)c2nc3ccc(C)cc3s2)cc(OC)c1OC. The molecule has 5 rings (SSSR count). The maximum absolute atomic E-state index is 13.8. The molecule has 0 aliphatic heterocycles. The lowest BCUT2D eigenvalue weighted by molar-refractivity contribution is 0.0985. The van der Waals surface area contributed by atoms with Gasteiger partial charge in [-0.1, -0.05) is 59.9 Å². The molecule has 1 heterocycles. The lowest BCUT2D eigenvalue weighted by Gasteiger charge is -2.15. The Morgan fingerprint density at radius 1 is 0.805 bits per heavy atom. The van der Waals surface area contributed by atoms with Crippen molar-refractivity contribution in [3.63, 3.8) is 0 Å². The monoisotopic (exact) mass is 565 g/mol. The first-order chi connectivity index (χ1) is 19.9. The number of ketones is 1. The minimum Gasteiger partial charge on any atom is -0.493 e. The normalized spacial score (nSPS) is 11.0. The van der Waals surface area contributed by atoms with E-state index in [0.717, 1.165) is 15.8 Å². The number of thiazole rings is 1. The second-order valence-corrected chi connectivity index (χ2v) is 10.1. The maximum atomic E-state index is 13.8. The van der Waals surface area contributed by atoms with Crippen LogP contribution in [0.1, 0.15) is 37.4 Å². The fourth-order valence-electron chi connectivity index (χ4n) is 4.24. The average molecular weight is 566 g/mol. The van der Waals surface area contributed by atoms with Crippen molar-refractivity contribution in [1.82, 2.24) is 4.98 Å². The van der Waals surface area contributed by atoms with Crippen LogP contribution in [0, 0.1) is 6.92 Å². The van der Waals surface area contributed by atoms with Crippen LogP contribution in [0.5, 0.6) is 17.2 Å². The number of ether oxygens (including phenoxy) is 3. The van der Waals surface area contributed by atoms with Crippen LogP contribution in [0.3, 0.4) is 0 Å². The highest BCUT2D eigenvalue weighted by Crippen LogP contribution is 2.38. The minimum absolute atomic E-state index is 0.122. The number of rotatable bonds is 9. The van der Waals surface area contributed by atoms with Gasteiger partial charge in [-0.3, -0.25) is 9.59 Å². The van der Waals surface area contributed by atoms with Gasteiger partial charge in [0, 0.05) is 22.3 Å². The number of hydrazone groups is 1. The van der Waals surface area contributed by atoms with E-state index in [1.54, 1.807) is 48.5 Å². The van der Waals surface area contributed by atoms with Gasteiger partial charge in [0.1, 0.15) is 0 Å². The van der Waals surface area contributed by atoms with Gasteiger partial charge in [-0.2, -0.15) is 10.1 Å². The third-order valence-corrected chi connectivity index (χ3v) is 7.34. The highest BCUT2D eigenvalue weighted by atomic mass is 32.1. The van der Waals surface area contributed by atoms with Gasteiger partial charge < -0.3 is 14.2 Å². The van der Waals surface area contributed by atoms with Crippen LogP contribution in [0.2, 0.25) is 0 Å². The van der Waals surface area contributed by atoms with Gasteiger partial charge >= 0.3 is 0 Å². The molecule has 0 aliphatic carbocycles. The molecule has 8 nitrogen and oxygen atoms in total. The second kappa shape index (κ2) is 12.0. The Bertz CT molecular complexity index is 1720. The summed E-state index contributed by atoms with van der Waals surface area (Å²) in [4.78, 5) is 31.4. The van der Waals surface area contributed by atoms with Crippen LogP contribution in [0.25, 0.3) is 10.2 Å². The van der Waals surface area contributed by atoms with E-state index in [2.05, 4.69) is 10.1 Å². The van der Waals surface area contributed by atoms with Crippen molar-refractivity contribution in [1.29, 1.82) is 0 Å². The zero-order chi connectivity index (χ0) is 28.9. The van der Waals surface area contributed by atoms with E-state index in [9.17, 15) is 9.59 Å². The summed E-state index contributed by atoms with van der Waals surface area (Å²) in [7, 11) is 4.59. The van der Waals surface area contributed by atoms with Crippen LogP contribution in [0.15, 0.2) is 90.0 Å². The number of amides is 1. The fraction of sp³-hybridized carbons (Fsp3) is 0.125. The summed E-state index contributed by atoms with van der Waals surface area (Å²) >= 11 is 1.36. The molecule has 5 aromatic rings. The lowest BCUT2D eigenvalue weighted by Crippen LogP contribution is -2.25. The lowest BCUT2D eigenvalue weighted by atomic mass is 10.0. The summed E-state index contributed by atoms with van der Waals surface area (Å²) in [6.07, 6.45) is 1.53. The van der Waals surface area contributed by atoms with Crippen molar-refractivity contribution in [2.24, 2.45) is 5.10 Å². The number of aromatic nitrogens is 1. The molecule has 1 amide bonds. The maximum Gasteiger partial charge on any atom is 0.280 e. The fourth-order valence-corrected chi connectivity index (χ4v) is 5.26. The number of carbonyl (C=O) groups is 2. The molecule has 0 aliphatic rings. The molecule has 0 bridgehead atoms. The number of aryl methyl sites for hydroxylation is 1. The van der Waals surface area contributed by atoms with Crippen LogP contribution in [-0.2, 0) is 0 Å². The molecule has 0 unspecified atom stereocenters. The smallest absolute Gasteiger partial charge is 0.280 e.